The standard InChI is InChI=1S/C22H30ClN3O2/c1-15-5-6-16(23)13-18(15)25-11-9-24(10-12-25)14-26-19(27)17-7-8-22(4,20(26)28)21(17,2)3/h5-6,13,17H,7-12,14H2,1-4H3/p+1/t17-,22+/m0/s1. The van der Waals surface area contributed by atoms with Gasteiger partial charge in [0, 0.05) is 16.6 Å². The molecule has 2 amide bonds. The van der Waals surface area contributed by atoms with E-state index in [2.05, 4.69) is 38.7 Å². The zero-order valence-corrected chi connectivity index (χ0v) is 18.1. The fourth-order valence-electron chi connectivity index (χ4n) is 5.42. The maximum Gasteiger partial charge on any atom is 0.240 e. The van der Waals surface area contributed by atoms with Crippen LogP contribution in [0.15, 0.2) is 18.2 Å². The van der Waals surface area contributed by atoms with Crippen molar-refractivity contribution >= 4 is 29.1 Å². The molecular formula is C22H31ClN3O2+. The molecule has 0 aromatic heterocycles. The summed E-state index contributed by atoms with van der Waals surface area (Å²) in [4.78, 5) is 31.5. The van der Waals surface area contributed by atoms with E-state index in [9.17, 15) is 9.59 Å². The monoisotopic (exact) mass is 404 g/mol. The van der Waals surface area contributed by atoms with Gasteiger partial charge in [-0.15, -0.1) is 0 Å². The molecule has 4 rings (SSSR count). The largest absolute Gasteiger partial charge is 0.360 e. The van der Waals surface area contributed by atoms with Gasteiger partial charge < -0.3 is 9.80 Å². The molecule has 5 nitrogen and oxygen atoms in total. The van der Waals surface area contributed by atoms with Crippen molar-refractivity contribution in [3.63, 3.8) is 0 Å². The summed E-state index contributed by atoms with van der Waals surface area (Å²) in [6.07, 6.45) is 1.66. The van der Waals surface area contributed by atoms with Gasteiger partial charge >= 0.3 is 0 Å². The number of quaternary nitrogens is 1. The number of imide groups is 1. The van der Waals surface area contributed by atoms with Crippen LogP contribution in [-0.2, 0) is 9.59 Å². The van der Waals surface area contributed by atoms with Crippen LogP contribution in [0.4, 0.5) is 5.69 Å². The molecule has 0 spiro atoms. The Bertz CT molecular complexity index is 816. The van der Waals surface area contributed by atoms with Crippen molar-refractivity contribution in [2.45, 2.75) is 40.5 Å². The molecule has 0 unspecified atom stereocenters. The fraction of sp³-hybridized carbons (Fsp3) is 0.636. The molecule has 2 bridgehead atoms. The Kier molecular flexibility index (Phi) is 4.74. The second-order valence-electron chi connectivity index (χ2n) is 9.54. The van der Waals surface area contributed by atoms with E-state index in [1.165, 1.54) is 16.2 Å². The van der Waals surface area contributed by atoms with E-state index in [1.807, 2.05) is 12.1 Å². The van der Waals surface area contributed by atoms with Gasteiger partial charge in [-0.05, 0) is 42.9 Å². The first-order chi connectivity index (χ1) is 13.1. The molecule has 1 aromatic rings. The highest BCUT2D eigenvalue weighted by molar-refractivity contribution is 6.30. The van der Waals surface area contributed by atoms with Crippen LogP contribution >= 0.6 is 11.6 Å². The molecule has 2 heterocycles. The Morgan fingerprint density at radius 1 is 1.18 bits per heavy atom. The third-order valence-corrected chi connectivity index (χ3v) is 8.11. The summed E-state index contributed by atoms with van der Waals surface area (Å²) in [6, 6.07) is 6.01. The highest BCUT2D eigenvalue weighted by Gasteiger charge is 2.64. The average Bonchev–Trinajstić information content (AvgIpc) is 2.85. The van der Waals surface area contributed by atoms with Crippen LogP contribution in [0.5, 0.6) is 0 Å². The Morgan fingerprint density at radius 3 is 2.54 bits per heavy atom. The summed E-state index contributed by atoms with van der Waals surface area (Å²) in [6.45, 7) is 12.5. The van der Waals surface area contributed by atoms with E-state index in [-0.39, 0.29) is 23.1 Å². The highest BCUT2D eigenvalue weighted by atomic mass is 35.5. The third-order valence-electron chi connectivity index (χ3n) is 7.87. The van der Waals surface area contributed by atoms with Crippen molar-refractivity contribution in [2.75, 3.05) is 37.7 Å². The number of benzene rings is 1. The first kappa shape index (κ1) is 19.7. The van der Waals surface area contributed by atoms with Gasteiger partial charge in [0.15, 0.2) is 6.67 Å². The number of amides is 2. The maximum absolute atomic E-state index is 13.2. The molecule has 3 aliphatic rings. The maximum atomic E-state index is 13.2. The van der Waals surface area contributed by atoms with E-state index < -0.39 is 5.41 Å². The lowest BCUT2D eigenvalue weighted by Crippen LogP contribution is -3.16. The van der Waals surface area contributed by atoms with E-state index in [1.54, 1.807) is 4.90 Å². The van der Waals surface area contributed by atoms with Gasteiger partial charge in [0.1, 0.15) is 0 Å². The molecule has 2 saturated heterocycles. The molecule has 1 saturated carbocycles. The van der Waals surface area contributed by atoms with Crippen molar-refractivity contribution in [1.29, 1.82) is 0 Å². The third kappa shape index (κ3) is 2.86. The Morgan fingerprint density at radius 2 is 1.86 bits per heavy atom. The number of rotatable bonds is 3. The van der Waals surface area contributed by atoms with Gasteiger partial charge in [-0.2, -0.15) is 0 Å². The van der Waals surface area contributed by atoms with E-state index in [0.717, 1.165) is 44.0 Å². The summed E-state index contributed by atoms with van der Waals surface area (Å²) in [7, 11) is 0. The number of piperidine rings is 1. The number of aryl methyl sites for hydroxylation is 1. The van der Waals surface area contributed by atoms with Crippen molar-refractivity contribution in [3.8, 4) is 0 Å². The minimum atomic E-state index is -0.412. The zero-order chi connectivity index (χ0) is 20.3. The number of piperazine rings is 1. The number of likely N-dealkylation sites (tertiary alicyclic amines) is 1. The van der Waals surface area contributed by atoms with Crippen LogP contribution in [-0.4, -0.2) is 49.6 Å². The predicted molar refractivity (Wildman–Crippen MR) is 110 cm³/mol. The number of nitrogens with zero attached hydrogens (tertiary/aromatic N) is 2. The molecule has 2 atom stereocenters. The number of anilines is 1. The lowest BCUT2D eigenvalue weighted by molar-refractivity contribution is -0.908. The summed E-state index contributed by atoms with van der Waals surface area (Å²) in [5, 5.41) is 0.756. The van der Waals surface area contributed by atoms with Gasteiger partial charge in [-0.1, -0.05) is 38.4 Å². The quantitative estimate of drug-likeness (QED) is 0.785. The molecule has 1 aromatic carbocycles. The van der Waals surface area contributed by atoms with Crippen LogP contribution in [0.3, 0.4) is 0 Å². The molecule has 1 N–H and O–H groups in total. The minimum absolute atomic E-state index is 0.0231. The summed E-state index contributed by atoms with van der Waals surface area (Å²) >= 11 is 6.18. The molecule has 28 heavy (non-hydrogen) atoms. The minimum Gasteiger partial charge on any atom is -0.360 e. The second-order valence-corrected chi connectivity index (χ2v) is 9.98. The predicted octanol–water partition coefficient (Wildman–Crippen LogP) is 2.12. The van der Waals surface area contributed by atoms with Gasteiger partial charge in [-0.3, -0.25) is 9.59 Å². The zero-order valence-electron chi connectivity index (χ0n) is 17.3. The van der Waals surface area contributed by atoms with Gasteiger partial charge in [-0.25, -0.2) is 4.90 Å². The number of hydrogen-bond donors (Lipinski definition) is 1. The van der Waals surface area contributed by atoms with Gasteiger partial charge in [0.25, 0.3) is 0 Å². The Balaban J connectivity index is 1.44. The average molecular weight is 405 g/mol. The normalized spacial score (nSPS) is 30.2. The molecule has 152 valence electrons. The number of carbonyl (C=O) groups is 2. The molecular weight excluding hydrogens is 374 g/mol. The lowest BCUT2D eigenvalue weighted by atomic mass is 9.62. The van der Waals surface area contributed by atoms with Gasteiger partial charge in [0.2, 0.25) is 11.8 Å². The number of hydrogen-bond acceptors (Lipinski definition) is 3. The Labute approximate surface area is 172 Å². The summed E-state index contributed by atoms with van der Waals surface area (Å²) in [5.74, 6) is 0.0625. The van der Waals surface area contributed by atoms with Crippen LogP contribution < -0.4 is 9.80 Å². The fourth-order valence-corrected chi connectivity index (χ4v) is 5.59. The first-order valence-corrected chi connectivity index (χ1v) is 10.7. The van der Waals surface area contributed by atoms with Crippen molar-refractivity contribution in [1.82, 2.24) is 4.90 Å². The molecule has 0 radical (unpaired) electrons. The number of carbonyl (C=O) groups excluding carboxylic acids is 2. The molecule has 6 heteroatoms. The lowest BCUT2D eigenvalue weighted by Gasteiger charge is -2.48. The summed E-state index contributed by atoms with van der Waals surface area (Å²) < 4.78 is 0. The number of halogens is 1. The first-order valence-electron chi connectivity index (χ1n) is 10.4. The SMILES string of the molecule is Cc1ccc(Cl)cc1N1CC[NH+](CN2C(=O)[C@@H]3CC[C@](C)(C2=O)C3(C)C)CC1. The number of fused-ring (bicyclic) bond motifs is 2. The highest BCUT2D eigenvalue weighted by Crippen LogP contribution is 2.59. The van der Waals surface area contributed by atoms with Crippen molar-refractivity contribution in [2.24, 2.45) is 16.7 Å². The van der Waals surface area contributed by atoms with Gasteiger partial charge in [0.05, 0.1) is 31.6 Å². The molecule has 3 fully saturated rings. The van der Waals surface area contributed by atoms with Crippen LogP contribution in [0.2, 0.25) is 5.02 Å². The van der Waals surface area contributed by atoms with E-state index >= 15 is 0 Å². The molecule has 2 aliphatic heterocycles. The summed E-state index contributed by atoms with van der Waals surface area (Å²) in [5.41, 5.74) is 1.76. The van der Waals surface area contributed by atoms with E-state index in [4.69, 9.17) is 11.6 Å². The van der Waals surface area contributed by atoms with Crippen LogP contribution in [0.1, 0.15) is 39.2 Å². The number of nitrogens with one attached hydrogen (secondary N) is 1. The Hall–Kier alpha value is -1.59. The molecule has 1 aliphatic carbocycles. The van der Waals surface area contributed by atoms with Crippen molar-refractivity contribution in [3.05, 3.63) is 28.8 Å². The second kappa shape index (κ2) is 6.74. The van der Waals surface area contributed by atoms with E-state index in [0.29, 0.717) is 6.67 Å². The van der Waals surface area contributed by atoms with Crippen LogP contribution in [0, 0.1) is 23.7 Å². The van der Waals surface area contributed by atoms with Crippen LogP contribution in [0.25, 0.3) is 0 Å². The smallest absolute Gasteiger partial charge is 0.240 e. The topological polar surface area (TPSA) is 45.1 Å². The van der Waals surface area contributed by atoms with Crippen molar-refractivity contribution < 1.29 is 14.5 Å².